The summed E-state index contributed by atoms with van der Waals surface area (Å²) in [6, 6.07) is 13.2. The molecule has 5 heteroatoms. The molecular weight excluding hydrogens is 353 g/mol. The van der Waals surface area contributed by atoms with Gasteiger partial charge in [-0.25, -0.2) is 0 Å². The molecule has 2 unspecified atom stereocenters. The highest BCUT2D eigenvalue weighted by atomic mass is 32.4. The van der Waals surface area contributed by atoms with Crippen LogP contribution in [-0.4, -0.2) is 14.4 Å². The zero-order valence-electron chi connectivity index (χ0n) is 12.6. The lowest BCUT2D eigenvalue weighted by atomic mass is 10.0. The van der Waals surface area contributed by atoms with E-state index in [0.717, 1.165) is 0 Å². The normalized spacial score (nSPS) is 34.3. The third kappa shape index (κ3) is 1.13. The number of rotatable bonds is 0. The van der Waals surface area contributed by atoms with Crippen molar-refractivity contribution < 1.29 is 4.74 Å². The summed E-state index contributed by atoms with van der Waals surface area (Å²) in [7, 11) is -2.57. The van der Waals surface area contributed by atoms with Crippen molar-refractivity contribution >= 4 is 36.9 Å². The molecule has 0 aromatic heterocycles. The molecule has 23 heavy (non-hydrogen) atoms. The number of hydrogen-bond donors (Lipinski definition) is 0. The van der Waals surface area contributed by atoms with E-state index in [1.807, 2.05) is 0 Å². The first-order chi connectivity index (χ1) is 11.2. The Bertz CT molecular complexity index is 1030. The van der Waals surface area contributed by atoms with E-state index in [0.29, 0.717) is 0 Å². The molecule has 0 amide bonds. The molecule has 2 atom stereocenters. The van der Waals surface area contributed by atoms with Crippen LogP contribution >= 0.6 is 22.4 Å². The fourth-order valence-corrected chi connectivity index (χ4v) is 24.3. The Balaban J connectivity index is 1.66. The molecule has 0 saturated heterocycles. The monoisotopic (exact) mass is 366 g/mol. The summed E-state index contributed by atoms with van der Waals surface area (Å²) in [5.74, 6) is 2.57. The van der Waals surface area contributed by atoms with E-state index in [9.17, 15) is 0 Å². The van der Waals surface area contributed by atoms with Crippen LogP contribution in [0.25, 0.3) is 0 Å². The molecule has 7 aliphatic rings. The first-order valence-corrected chi connectivity index (χ1v) is 17.0. The van der Waals surface area contributed by atoms with Crippen LogP contribution in [0, 0.1) is 0 Å². The van der Waals surface area contributed by atoms with Crippen molar-refractivity contribution in [2.75, 3.05) is 0 Å². The van der Waals surface area contributed by atoms with Crippen LogP contribution in [0.3, 0.4) is 0 Å². The maximum atomic E-state index is 6.71. The Morgan fingerprint density at radius 1 is 0.696 bits per heavy atom. The largest absolute Gasteiger partial charge is 0.456 e. The highest BCUT2D eigenvalue weighted by Gasteiger charge is 2.58. The Hall–Kier alpha value is -0.626. The second kappa shape index (κ2) is 3.23. The summed E-state index contributed by atoms with van der Waals surface area (Å²) >= 11 is 4.75. The summed E-state index contributed by atoms with van der Waals surface area (Å²) in [6.07, 6.45) is 0. The van der Waals surface area contributed by atoms with Gasteiger partial charge in [0.1, 0.15) is 25.9 Å². The van der Waals surface area contributed by atoms with Gasteiger partial charge < -0.3 is 4.74 Å². The van der Waals surface area contributed by atoms with E-state index in [-0.39, 0.29) is 0 Å². The van der Waals surface area contributed by atoms with Crippen molar-refractivity contribution in [3.63, 3.8) is 0 Å². The predicted molar refractivity (Wildman–Crippen MR) is 98.4 cm³/mol. The van der Waals surface area contributed by atoms with Crippen LogP contribution in [0.15, 0.2) is 21.9 Å². The van der Waals surface area contributed by atoms with Crippen LogP contribution < -0.4 is 4.74 Å². The molecule has 0 saturated carbocycles. The van der Waals surface area contributed by atoms with Gasteiger partial charge in [0.2, 0.25) is 0 Å². The second-order valence-electron chi connectivity index (χ2n) is 8.34. The van der Waals surface area contributed by atoms with E-state index in [2.05, 4.69) is 34.6 Å². The summed E-state index contributed by atoms with van der Waals surface area (Å²) < 4.78 is 6.71. The molecular formula is C18H14OS2Si2. The Morgan fingerprint density at radius 2 is 1.39 bits per heavy atom. The Morgan fingerprint density at radius 3 is 2.35 bits per heavy atom. The minimum absolute atomic E-state index is 1.22. The maximum absolute atomic E-state index is 6.71. The number of ether oxygens (including phenoxy) is 1. The van der Waals surface area contributed by atoms with Gasteiger partial charge in [-0.05, 0) is 70.1 Å². The lowest BCUT2D eigenvalue weighted by Crippen LogP contribution is -2.35. The molecule has 2 aromatic rings. The molecule has 0 radical (unpaired) electrons. The van der Waals surface area contributed by atoms with Gasteiger partial charge in [-0.15, -0.1) is 22.4 Å². The molecule has 12 bridgehead atoms. The molecule has 2 aromatic carbocycles. The van der Waals surface area contributed by atoms with Gasteiger partial charge >= 0.3 is 0 Å². The molecule has 1 nitrogen and oxygen atoms in total. The molecule has 2 spiro atoms. The van der Waals surface area contributed by atoms with Crippen molar-refractivity contribution in [1.82, 2.24) is 0 Å². The minimum Gasteiger partial charge on any atom is -0.456 e. The smallest absolute Gasteiger partial charge is 0.137 e. The van der Waals surface area contributed by atoms with Crippen LogP contribution in [0.1, 0.15) is 33.4 Å². The Labute approximate surface area is 144 Å². The molecule has 0 N–H and O–H groups in total. The van der Waals surface area contributed by atoms with Crippen molar-refractivity contribution in [1.29, 1.82) is 0 Å². The zero-order chi connectivity index (χ0) is 14.6. The van der Waals surface area contributed by atoms with Gasteiger partial charge in [0, 0.05) is 15.4 Å². The van der Waals surface area contributed by atoms with E-state index in [1.165, 1.54) is 47.8 Å². The number of benzene rings is 2. The fraction of sp³-hybridized carbons (Fsp3) is 0.333. The van der Waals surface area contributed by atoms with Gasteiger partial charge in [0.05, 0.1) is 0 Å². The van der Waals surface area contributed by atoms with Crippen LogP contribution in [-0.2, 0) is 36.3 Å². The molecule has 7 aliphatic heterocycles. The predicted octanol–water partition coefficient (Wildman–Crippen LogP) is 4.13. The topological polar surface area (TPSA) is 9.23 Å². The number of hydrogen-bond acceptors (Lipinski definition) is 3. The lowest BCUT2D eigenvalue weighted by molar-refractivity contribution is 0.465. The van der Waals surface area contributed by atoms with E-state index >= 15 is 0 Å². The first-order valence-electron chi connectivity index (χ1n) is 8.63. The van der Waals surface area contributed by atoms with E-state index in [4.69, 9.17) is 4.74 Å². The average Bonchev–Trinajstić information content (AvgIpc) is 3.23. The van der Waals surface area contributed by atoms with Crippen LogP contribution in [0.2, 0.25) is 0 Å². The SMILES string of the molecule is c1cc2c3c4c1C[Si]15Cc6c(c(c7c(c6O2)C[Si](C4)(C3)S7)S1)C5. The first kappa shape index (κ1) is 11.8. The summed E-state index contributed by atoms with van der Waals surface area (Å²) in [5.41, 5.74) is 10.1. The third-order valence-electron chi connectivity index (χ3n) is 7.01. The quantitative estimate of drug-likeness (QED) is 0.649. The van der Waals surface area contributed by atoms with Gasteiger partial charge in [-0.3, -0.25) is 0 Å². The van der Waals surface area contributed by atoms with Gasteiger partial charge in [-0.2, -0.15) is 0 Å². The van der Waals surface area contributed by atoms with Gasteiger partial charge in [0.25, 0.3) is 0 Å². The van der Waals surface area contributed by atoms with Gasteiger partial charge in [0.15, 0.2) is 0 Å². The van der Waals surface area contributed by atoms with Crippen molar-refractivity contribution in [3.05, 3.63) is 45.5 Å². The zero-order valence-corrected chi connectivity index (χ0v) is 16.3. The standard InChI is InChI=1S/C18H14OS2Si2/c1-2-15-11-5-23-4-10(11)9(1)3-22-6-12-13(7-22)17(20-22)18(21-23)14(8-23)16(12)19-15/h1-2H,3-8H2. The summed E-state index contributed by atoms with van der Waals surface area (Å²) in [4.78, 5) is 3.46. The second-order valence-corrected chi connectivity index (χ2v) is 22.8. The van der Waals surface area contributed by atoms with Crippen molar-refractivity contribution in [2.45, 2.75) is 46.1 Å². The van der Waals surface area contributed by atoms with Crippen molar-refractivity contribution in [3.8, 4) is 11.5 Å². The maximum Gasteiger partial charge on any atom is 0.137 e. The van der Waals surface area contributed by atoms with E-state index in [1.54, 1.807) is 43.2 Å². The minimum atomic E-state index is -1.29. The van der Waals surface area contributed by atoms with E-state index < -0.39 is 14.4 Å². The summed E-state index contributed by atoms with van der Waals surface area (Å²) in [5, 5.41) is 0. The molecule has 7 heterocycles. The van der Waals surface area contributed by atoms with Crippen molar-refractivity contribution in [2.24, 2.45) is 0 Å². The van der Waals surface area contributed by atoms with Crippen LogP contribution in [0.5, 0.6) is 11.5 Å². The molecule has 9 rings (SSSR count). The summed E-state index contributed by atoms with van der Waals surface area (Å²) in [6.45, 7) is 0. The molecule has 112 valence electrons. The van der Waals surface area contributed by atoms with Crippen LogP contribution in [0.4, 0.5) is 0 Å². The average molecular weight is 367 g/mol. The highest BCUT2D eigenvalue weighted by molar-refractivity contribution is 8.31. The third-order valence-corrected chi connectivity index (χ3v) is 21.7. The molecule has 0 aliphatic carbocycles. The molecule has 0 fully saturated rings. The fourth-order valence-electron chi connectivity index (χ4n) is 6.19. The lowest BCUT2D eigenvalue weighted by Gasteiger charge is -2.30. The highest BCUT2D eigenvalue weighted by Crippen LogP contribution is 2.66. The Kier molecular flexibility index (Phi) is 1.67. The van der Waals surface area contributed by atoms with Gasteiger partial charge in [-0.1, -0.05) is 6.07 Å².